The number of alkyl halides is 2. The topological polar surface area (TPSA) is 97.1 Å². The Bertz CT molecular complexity index is 1570. The molecule has 0 fully saturated rings. The van der Waals surface area contributed by atoms with Crippen molar-refractivity contribution in [3.05, 3.63) is 84.0 Å². The lowest BCUT2D eigenvalue weighted by molar-refractivity contribution is -0.160. The molecule has 38 heavy (non-hydrogen) atoms. The van der Waals surface area contributed by atoms with Gasteiger partial charge in [-0.1, -0.05) is 48.6 Å². The molecule has 0 aromatic heterocycles. The number of methoxy groups -OCH3 is 2. The first-order valence-corrected chi connectivity index (χ1v) is 13.2. The number of ether oxygens (including phenoxy) is 4. The monoisotopic (exact) mass is 541 g/mol. The number of fused-ring (bicyclic) bond motifs is 3. The van der Waals surface area contributed by atoms with E-state index < -0.39 is 21.6 Å². The van der Waals surface area contributed by atoms with E-state index in [0.717, 1.165) is 27.8 Å². The maximum atomic E-state index is 13.4. The van der Waals surface area contributed by atoms with Gasteiger partial charge in [0.15, 0.2) is 11.5 Å². The minimum atomic E-state index is -4.58. The number of allylic oxidation sites excluding steroid dienone is 2. The van der Waals surface area contributed by atoms with Crippen LogP contribution in [0.4, 0.5) is 8.78 Å². The Morgan fingerprint density at radius 1 is 0.974 bits per heavy atom. The molecule has 1 atom stereocenters. The third-order valence-electron chi connectivity index (χ3n) is 6.72. The number of sulfonamides is 1. The van der Waals surface area contributed by atoms with Crippen LogP contribution in [0.1, 0.15) is 17.5 Å². The van der Waals surface area contributed by atoms with E-state index in [4.69, 9.17) is 24.1 Å². The predicted molar refractivity (Wildman–Crippen MR) is 139 cm³/mol. The third kappa shape index (κ3) is 4.34. The first-order valence-electron chi connectivity index (χ1n) is 11.7. The van der Waals surface area contributed by atoms with Crippen LogP contribution in [0.5, 0.6) is 17.2 Å². The summed E-state index contributed by atoms with van der Waals surface area (Å²) in [7, 11) is -1.45. The van der Waals surface area contributed by atoms with E-state index in [1.165, 1.54) is 12.2 Å². The SMILES string of the molecule is COc1ccc(-c2cccc3c2-c2ccc(C4=CC=CCC4(OC(F)F)S(N)(=O)=O)cc2CO3)cc1OC. The maximum Gasteiger partial charge on any atom is 0.347 e. The molecule has 7 nitrogen and oxygen atoms in total. The highest BCUT2D eigenvalue weighted by molar-refractivity contribution is 7.90. The van der Waals surface area contributed by atoms with Crippen LogP contribution in [-0.2, 0) is 21.4 Å². The Morgan fingerprint density at radius 3 is 2.45 bits per heavy atom. The van der Waals surface area contributed by atoms with Gasteiger partial charge < -0.3 is 14.2 Å². The van der Waals surface area contributed by atoms with Crippen molar-refractivity contribution in [2.45, 2.75) is 24.6 Å². The molecule has 10 heteroatoms. The molecule has 3 aromatic rings. The number of primary sulfonamides is 1. The maximum absolute atomic E-state index is 13.4. The second-order valence-corrected chi connectivity index (χ2v) is 10.5. The van der Waals surface area contributed by atoms with Crippen molar-refractivity contribution in [2.75, 3.05) is 14.2 Å². The standard InChI is InChI=1S/C28H25F2NO6S/c1-34-23-12-10-17(15-25(23)35-2)20-6-5-8-24-26(20)21-11-9-18(14-19(21)16-36-24)22-7-3-4-13-28(22,37-27(29)30)38(31,32)33/h3-12,14-15,27H,13,16H2,1-2H3,(H2,31,32,33). The van der Waals surface area contributed by atoms with Gasteiger partial charge in [0.2, 0.25) is 15.0 Å². The summed E-state index contributed by atoms with van der Waals surface area (Å²) in [5, 5.41) is 5.45. The molecule has 1 aliphatic heterocycles. The molecule has 2 aliphatic rings. The second kappa shape index (κ2) is 9.86. The highest BCUT2D eigenvalue weighted by Crippen LogP contribution is 2.47. The molecule has 3 aromatic carbocycles. The van der Waals surface area contributed by atoms with Crippen LogP contribution in [0.3, 0.4) is 0 Å². The number of hydrogen-bond acceptors (Lipinski definition) is 6. The van der Waals surface area contributed by atoms with Gasteiger partial charge in [-0.3, -0.25) is 4.74 Å². The molecule has 198 valence electrons. The third-order valence-corrected chi connectivity index (χ3v) is 8.13. The van der Waals surface area contributed by atoms with Crippen LogP contribution < -0.4 is 19.3 Å². The molecule has 1 aliphatic carbocycles. The van der Waals surface area contributed by atoms with E-state index in [-0.39, 0.29) is 18.6 Å². The number of rotatable bonds is 7. The second-order valence-electron chi connectivity index (χ2n) is 8.80. The Hall–Kier alpha value is -3.73. The molecule has 0 spiro atoms. The van der Waals surface area contributed by atoms with Crippen LogP contribution in [-0.4, -0.2) is 34.2 Å². The number of halogens is 2. The van der Waals surface area contributed by atoms with Crippen molar-refractivity contribution in [3.63, 3.8) is 0 Å². The van der Waals surface area contributed by atoms with Gasteiger partial charge >= 0.3 is 6.61 Å². The average molecular weight is 542 g/mol. The van der Waals surface area contributed by atoms with Crippen molar-refractivity contribution in [2.24, 2.45) is 5.14 Å². The lowest BCUT2D eigenvalue weighted by Gasteiger charge is -2.35. The molecular formula is C28H25F2NO6S. The van der Waals surface area contributed by atoms with Gasteiger partial charge in [-0.05, 0) is 52.1 Å². The zero-order chi connectivity index (χ0) is 27.1. The zero-order valence-corrected chi connectivity index (χ0v) is 21.4. The van der Waals surface area contributed by atoms with Gasteiger partial charge in [-0.15, -0.1) is 0 Å². The zero-order valence-electron chi connectivity index (χ0n) is 20.6. The number of benzene rings is 3. The van der Waals surface area contributed by atoms with Gasteiger partial charge in [0.25, 0.3) is 0 Å². The summed E-state index contributed by atoms with van der Waals surface area (Å²) in [5.41, 5.74) is 4.63. The van der Waals surface area contributed by atoms with E-state index in [9.17, 15) is 17.2 Å². The van der Waals surface area contributed by atoms with Gasteiger partial charge in [0.1, 0.15) is 12.4 Å². The van der Waals surface area contributed by atoms with Gasteiger partial charge in [0.05, 0.1) is 14.2 Å². The van der Waals surface area contributed by atoms with Crippen LogP contribution in [0.15, 0.2) is 72.8 Å². The Labute approximate surface area is 219 Å². The molecule has 1 heterocycles. The largest absolute Gasteiger partial charge is 0.493 e. The van der Waals surface area contributed by atoms with Crippen molar-refractivity contribution in [1.29, 1.82) is 0 Å². The summed E-state index contributed by atoms with van der Waals surface area (Å²) in [6.45, 7) is -3.15. The van der Waals surface area contributed by atoms with Crippen molar-refractivity contribution in [1.82, 2.24) is 0 Å². The lowest BCUT2D eigenvalue weighted by Crippen LogP contribution is -2.48. The van der Waals surface area contributed by atoms with Gasteiger partial charge in [-0.2, -0.15) is 8.78 Å². The average Bonchev–Trinajstić information content (AvgIpc) is 2.91. The number of nitrogens with two attached hydrogens (primary N) is 1. The first-order chi connectivity index (χ1) is 18.2. The van der Waals surface area contributed by atoms with Gasteiger partial charge in [0, 0.05) is 17.6 Å². The quantitative estimate of drug-likeness (QED) is 0.425. The highest BCUT2D eigenvalue weighted by atomic mass is 32.2. The van der Waals surface area contributed by atoms with E-state index >= 15 is 0 Å². The Morgan fingerprint density at radius 2 is 1.74 bits per heavy atom. The minimum absolute atomic E-state index is 0.0320. The van der Waals surface area contributed by atoms with Crippen molar-refractivity contribution in [3.8, 4) is 39.5 Å². The fraction of sp³-hybridized carbons (Fsp3) is 0.214. The molecule has 0 amide bonds. The molecular weight excluding hydrogens is 516 g/mol. The summed E-state index contributed by atoms with van der Waals surface area (Å²) in [5.74, 6) is 1.85. The lowest BCUT2D eigenvalue weighted by atomic mass is 9.86. The fourth-order valence-corrected chi connectivity index (χ4v) is 6.01. The molecule has 2 N–H and O–H groups in total. The first kappa shape index (κ1) is 25.9. The smallest absolute Gasteiger partial charge is 0.347 e. The van der Waals surface area contributed by atoms with E-state index in [1.807, 2.05) is 42.5 Å². The van der Waals surface area contributed by atoms with E-state index in [2.05, 4.69) is 0 Å². The van der Waals surface area contributed by atoms with Crippen LogP contribution >= 0.6 is 0 Å². The summed E-state index contributed by atoms with van der Waals surface area (Å²) >= 11 is 0. The number of hydrogen-bond donors (Lipinski definition) is 1. The highest BCUT2D eigenvalue weighted by Gasteiger charge is 2.49. The van der Waals surface area contributed by atoms with Crippen LogP contribution in [0.2, 0.25) is 0 Å². The molecule has 1 unspecified atom stereocenters. The normalized spacial score (nSPS) is 18.3. The van der Waals surface area contributed by atoms with E-state index in [1.54, 1.807) is 32.4 Å². The predicted octanol–water partition coefficient (Wildman–Crippen LogP) is 5.50. The Balaban J connectivity index is 1.64. The van der Waals surface area contributed by atoms with E-state index in [0.29, 0.717) is 22.8 Å². The summed E-state index contributed by atoms with van der Waals surface area (Å²) < 4.78 is 73.6. The summed E-state index contributed by atoms with van der Waals surface area (Å²) in [6, 6.07) is 16.6. The Kier molecular flexibility index (Phi) is 6.72. The van der Waals surface area contributed by atoms with Crippen molar-refractivity contribution >= 4 is 15.6 Å². The fourth-order valence-electron chi connectivity index (χ4n) is 4.99. The van der Waals surface area contributed by atoms with Crippen LogP contribution in [0, 0.1) is 0 Å². The minimum Gasteiger partial charge on any atom is -0.493 e. The summed E-state index contributed by atoms with van der Waals surface area (Å²) in [6.07, 6.45) is 4.12. The van der Waals surface area contributed by atoms with Gasteiger partial charge in [-0.25, -0.2) is 13.6 Å². The molecule has 0 saturated carbocycles. The molecule has 5 rings (SSSR count). The van der Waals surface area contributed by atoms with Crippen molar-refractivity contribution < 1.29 is 36.1 Å². The van der Waals surface area contributed by atoms with Crippen LogP contribution in [0.25, 0.3) is 27.8 Å². The summed E-state index contributed by atoms with van der Waals surface area (Å²) in [4.78, 5) is -2.41. The molecule has 0 radical (unpaired) electrons. The molecule has 0 bridgehead atoms. The molecule has 0 saturated heterocycles.